The Morgan fingerprint density at radius 2 is 2.25 bits per heavy atom. The number of rotatable bonds is 2. The van der Waals surface area contributed by atoms with Crippen LogP contribution in [0.2, 0.25) is 0 Å². The number of nitrogens with two attached hydrogens (primary N) is 1. The van der Waals surface area contributed by atoms with Crippen LogP contribution in [0.15, 0.2) is 18.2 Å². The number of aliphatic hydroxyl groups excluding tert-OH is 1. The maximum atomic E-state index is 12.5. The number of hydrogen-bond donors (Lipinski definition) is 2. The van der Waals surface area contributed by atoms with Crippen LogP contribution in [-0.4, -0.2) is 16.2 Å². The first-order chi connectivity index (χ1) is 5.61. The molecule has 0 saturated carbocycles. The lowest BCUT2D eigenvalue weighted by Crippen LogP contribution is -2.24. The molecule has 4 heteroatoms. The van der Waals surface area contributed by atoms with Crippen LogP contribution in [0.1, 0.15) is 18.7 Å². The molecule has 0 fully saturated rings. The number of aromatic nitrogens is 1. The third kappa shape index (κ3) is 1.99. The fourth-order valence-electron chi connectivity index (χ4n) is 0.857. The van der Waals surface area contributed by atoms with E-state index in [0.717, 1.165) is 0 Å². The van der Waals surface area contributed by atoms with E-state index in [2.05, 4.69) is 4.98 Å². The SMILES string of the molecule is C[C@H](O)[C@H](N)c1cccc(F)n1. The maximum absolute atomic E-state index is 12.5. The second-order valence-corrected chi connectivity index (χ2v) is 2.65. The Morgan fingerprint density at radius 3 is 2.75 bits per heavy atom. The van der Waals surface area contributed by atoms with E-state index in [1.165, 1.54) is 19.1 Å². The average Bonchev–Trinajstić information content (AvgIpc) is 2.03. The highest BCUT2D eigenvalue weighted by Gasteiger charge is 2.13. The van der Waals surface area contributed by atoms with E-state index in [1.54, 1.807) is 6.07 Å². The van der Waals surface area contributed by atoms with Crippen LogP contribution in [-0.2, 0) is 0 Å². The lowest BCUT2D eigenvalue weighted by molar-refractivity contribution is 0.162. The minimum atomic E-state index is -0.723. The van der Waals surface area contributed by atoms with Crippen molar-refractivity contribution < 1.29 is 9.50 Å². The van der Waals surface area contributed by atoms with E-state index in [-0.39, 0.29) is 0 Å². The van der Waals surface area contributed by atoms with Crippen molar-refractivity contribution in [1.29, 1.82) is 0 Å². The number of aliphatic hydroxyl groups is 1. The zero-order valence-electron chi connectivity index (χ0n) is 6.74. The van der Waals surface area contributed by atoms with Crippen molar-refractivity contribution in [3.63, 3.8) is 0 Å². The molecule has 1 aromatic rings. The van der Waals surface area contributed by atoms with Crippen molar-refractivity contribution in [2.24, 2.45) is 5.73 Å². The standard InChI is InChI=1S/C8H11FN2O/c1-5(12)8(10)6-3-2-4-7(9)11-6/h2-5,8,12H,10H2,1H3/t5-,8-/m0/s1. The van der Waals surface area contributed by atoms with Gasteiger partial charge in [0.1, 0.15) is 0 Å². The number of nitrogens with zero attached hydrogens (tertiary/aromatic N) is 1. The molecule has 0 aliphatic carbocycles. The minimum absolute atomic E-state index is 0.366. The predicted octanol–water partition coefficient (Wildman–Crippen LogP) is 0.601. The van der Waals surface area contributed by atoms with Gasteiger partial charge in [-0.25, -0.2) is 4.98 Å². The molecule has 1 aromatic heterocycles. The third-order valence-electron chi connectivity index (χ3n) is 1.60. The van der Waals surface area contributed by atoms with Crippen LogP contribution in [0.3, 0.4) is 0 Å². The van der Waals surface area contributed by atoms with Gasteiger partial charge in [0.2, 0.25) is 5.95 Å². The highest BCUT2D eigenvalue weighted by atomic mass is 19.1. The van der Waals surface area contributed by atoms with Crippen LogP contribution >= 0.6 is 0 Å². The molecule has 1 heterocycles. The smallest absolute Gasteiger partial charge is 0.213 e. The molecule has 0 saturated heterocycles. The first kappa shape index (κ1) is 9.09. The zero-order chi connectivity index (χ0) is 9.14. The molecule has 0 bridgehead atoms. The van der Waals surface area contributed by atoms with Gasteiger partial charge in [0.25, 0.3) is 0 Å². The topological polar surface area (TPSA) is 59.1 Å². The summed E-state index contributed by atoms with van der Waals surface area (Å²) < 4.78 is 12.5. The van der Waals surface area contributed by atoms with Crippen LogP contribution in [0.25, 0.3) is 0 Å². The summed E-state index contributed by atoms with van der Waals surface area (Å²) in [5, 5.41) is 9.08. The van der Waals surface area contributed by atoms with Gasteiger partial charge in [-0.2, -0.15) is 4.39 Å². The Bertz CT molecular complexity index is 265. The van der Waals surface area contributed by atoms with Crippen LogP contribution < -0.4 is 5.73 Å². The van der Waals surface area contributed by atoms with Crippen molar-refractivity contribution in [3.05, 3.63) is 29.8 Å². The van der Waals surface area contributed by atoms with E-state index >= 15 is 0 Å². The predicted molar refractivity (Wildman–Crippen MR) is 42.8 cm³/mol. The average molecular weight is 170 g/mol. The lowest BCUT2D eigenvalue weighted by atomic mass is 10.1. The quantitative estimate of drug-likeness (QED) is 0.639. The summed E-state index contributed by atoms with van der Waals surface area (Å²) in [5.74, 6) is -0.580. The molecule has 3 nitrogen and oxygen atoms in total. The largest absolute Gasteiger partial charge is 0.391 e. The Morgan fingerprint density at radius 1 is 1.58 bits per heavy atom. The molecule has 0 spiro atoms. The fraction of sp³-hybridized carbons (Fsp3) is 0.375. The first-order valence-electron chi connectivity index (χ1n) is 3.67. The van der Waals surface area contributed by atoms with Crippen molar-refractivity contribution in [3.8, 4) is 0 Å². The maximum Gasteiger partial charge on any atom is 0.213 e. The fourth-order valence-corrected chi connectivity index (χ4v) is 0.857. The van der Waals surface area contributed by atoms with Crippen molar-refractivity contribution in [1.82, 2.24) is 4.98 Å². The van der Waals surface area contributed by atoms with Gasteiger partial charge in [0, 0.05) is 0 Å². The zero-order valence-corrected chi connectivity index (χ0v) is 6.74. The van der Waals surface area contributed by atoms with E-state index in [4.69, 9.17) is 10.8 Å². The highest BCUT2D eigenvalue weighted by molar-refractivity contribution is 5.09. The number of hydrogen-bond acceptors (Lipinski definition) is 3. The molecule has 0 radical (unpaired) electrons. The Balaban J connectivity index is 2.88. The molecule has 1 rings (SSSR count). The molecule has 0 aliphatic rings. The number of pyridine rings is 1. The van der Waals surface area contributed by atoms with E-state index in [0.29, 0.717) is 5.69 Å². The van der Waals surface area contributed by atoms with E-state index in [9.17, 15) is 4.39 Å². The molecule has 66 valence electrons. The molecule has 2 atom stereocenters. The summed E-state index contributed by atoms with van der Waals surface area (Å²) in [7, 11) is 0. The summed E-state index contributed by atoms with van der Waals surface area (Å²) in [6.07, 6.45) is -0.723. The Labute approximate surface area is 70.0 Å². The first-order valence-corrected chi connectivity index (χ1v) is 3.67. The monoisotopic (exact) mass is 170 g/mol. The number of halogens is 1. The van der Waals surface area contributed by atoms with Crippen LogP contribution in [0, 0.1) is 5.95 Å². The van der Waals surface area contributed by atoms with Gasteiger partial charge >= 0.3 is 0 Å². The molecule has 0 aliphatic heterocycles. The van der Waals surface area contributed by atoms with Crippen molar-refractivity contribution in [2.45, 2.75) is 19.1 Å². The molecule has 0 amide bonds. The van der Waals surface area contributed by atoms with Gasteiger partial charge in [-0.15, -0.1) is 0 Å². The van der Waals surface area contributed by atoms with Crippen LogP contribution in [0.4, 0.5) is 4.39 Å². The van der Waals surface area contributed by atoms with Gasteiger partial charge in [-0.3, -0.25) is 0 Å². The van der Waals surface area contributed by atoms with Gasteiger partial charge < -0.3 is 10.8 Å². The normalized spacial score (nSPS) is 15.7. The van der Waals surface area contributed by atoms with Crippen LogP contribution in [0.5, 0.6) is 0 Å². The summed E-state index contributed by atoms with van der Waals surface area (Å²) in [4.78, 5) is 3.54. The van der Waals surface area contributed by atoms with Gasteiger partial charge in [-0.1, -0.05) is 6.07 Å². The molecular formula is C8H11FN2O. The second-order valence-electron chi connectivity index (χ2n) is 2.65. The second kappa shape index (κ2) is 3.60. The van der Waals surface area contributed by atoms with Crippen molar-refractivity contribution >= 4 is 0 Å². The van der Waals surface area contributed by atoms with Crippen molar-refractivity contribution in [2.75, 3.05) is 0 Å². The molecular weight excluding hydrogens is 159 g/mol. The summed E-state index contributed by atoms with van der Waals surface area (Å²) >= 11 is 0. The summed E-state index contributed by atoms with van der Waals surface area (Å²) in [6, 6.07) is 3.71. The highest BCUT2D eigenvalue weighted by Crippen LogP contribution is 2.10. The Hall–Kier alpha value is -1.00. The summed E-state index contributed by atoms with van der Waals surface area (Å²) in [5.41, 5.74) is 5.89. The molecule has 3 N–H and O–H groups in total. The molecule has 12 heavy (non-hydrogen) atoms. The van der Waals surface area contributed by atoms with Gasteiger partial charge in [-0.05, 0) is 19.1 Å². The van der Waals surface area contributed by atoms with E-state index < -0.39 is 18.1 Å². The van der Waals surface area contributed by atoms with E-state index in [1.807, 2.05) is 0 Å². The minimum Gasteiger partial charge on any atom is -0.391 e. The van der Waals surface area contributed by atoms with Gasteiger partial charge in [0.15, 0.2) is 0 Å². The summed E-state index contributed by atoms with van der Waals surface area (Å²) in [6.45, 7) is 1.54. The lowest BCUT2D eigenvalue weighted by Gasteiger charge is -2.13. The molecule has 0 aromatic carbocycles. The Kier molecular flexibility index (Phi) is 2.73. The van der Waals surface area contributed by atoms with Gasteiger partial charge in [0.05, 0.1) is 17.8 Å². The molecule has 0 unspecified atom stereocenters. The third-order valence-corrected chi connectivity index (χ3v) is 1.60.